The van der Waals surface area contributed by atoms with Crippen LogP contribution in [-0.4, -0.2) is 45.3 Å². The summed E-state index contributed by atoms with van der Waals surface area (Å²) in [5.41, 5.74) is -1.32. The minimum atomic E-state index is -1.36. The van der Waals surface area contributed by atoms with E-state index >= 15 is 0 Å². The topological polar surface area (TPSA) is 98.7 Å². The summed E-state index contributed by atoms with van der Waals surface area (Å²) in [5, 5.41) is 32.1. The van der Waals surface area contributed by atoms with E-state index < -0.39 is 39.5 Å². The van der Waals surface area contributed by atoms with Crippen LogP contribution in [0, 0.1) is 16.2 Å². The van der Waals surface area contributed by atoms with Gasteiger partial charge in [-0.15, -0.1) is 0 Å². The van der Waals surface area contributed by atoms with Crippen molar-refractivity contribution in [2.75, 3.05) is 0 Å². The van der Waals surface area contributed by atoms with Crippen molar-refractivity contribution in [3.8, 4) is 0 Å². The molecule has 0 unspecified atom stereocenters. The normalized spacial score (nSPS) is 15.9. The molecule has 5 rings (SSSR count). The predicted octanol–water partition coefficient (Wildman–Crippen LogP) is 7.65. The van der Waals surface area contributed by atoms with Crippen LogP contribution in [0.3, 0.4) is 0 Å². The third-order valence-electron chi connectivity index (χ3n) is 10.8. The zero-order chi connectivity index (χ0) is 37.6. The Kier molecular flexibility index (Phi) is 11.8. The summed E-state index contributed by atoms with van der Waals surface area (Å²) in [4.78, 5) is 29.4. The number of benzene rings is 4. The van der Waals surface area contributed by atoms with Gasteiger partial charge in [-0.2, -0.15) is 0 Å². The number of rotatable bonds is 14. The van der Waals surface area contributed by atoms with Gasteiger partial charge < -0.3 is 20.8 Å². The lowest BCUT2D eigenvalue weighted by atomic mass is 9.64. The van der Waals surface area contributed by atoms with Crippen molar-refractivity contribution in [2.45, 2.75) is 110 Å². The summed E-state index contributed by atoms with van der Waals surface area (Å²) in [6.07, 6.45) is 2.81. The van der Waals surface area contributed by atoms with Gasteiger partial charge in [0.2, 0.25) is 11.8 Å². The van der Waals surface area contributed by atoms with Gasteiger partial charge in [-0.1, -0.05) is 169 Å². The maximum atomic E-state index is 14.7. The van der Waals surface area contributed by atoms with Crippen molar-refractivity contribution in [1.29, 1.82) is 0 Å². The van der Waals surface area contributed by atoms with Crippen LogP contribution in [0.5, 0.6) is 0 Å². The SMILES string of the molecule is CC(C)(C)[C@@H](NC(=O)C1(C(=O)N[C@H](C(C)(C)C)C(O)(Cc2ccccc2)Cc2ccccc2)CCC1)C(O)(Cc1ccccc1)Cc1ccccc1. The van der Waals surface area contributed by atoms with Crippen LogP contribution in [0.1, 0.15) is 83.1 Å². The summed E-state index contributed by atoms with van der Waals surface area (Å²) in [7, 11) is 0. The van der Waals surface area contributed by atoms with E-state index in [2.05, 4.69) is 10.6 Å². The fraction of sp³-hybridized carbons (Fsp3) is 0.435. The molecule has 6 nitrogen and oxygen atoms in total. The molecule has 276 valence electrons. The first kappa shape index (κ1) is 39.0. The summed E-state index contributed by atoms with van der Waals surface area (Å²) < 4.78 is 0. The molecular formula is C46H58N2O4. The molecule has 0 aliphatic heterocycles. The van der Waals surface area contributed by atoms with Crippen LogP contribution in [0.25, 0.3) is 0 Å². The summed E-state index contributed by atoms with van der Waals surface area (Å²) >= 11 is 0. The molecule has 0 spiro atoms. The van der Waals surface area contributed by atoms with Crippen molar-refractivity contribution < 1.29 is 19.8 Å². The maximum absolute atomic E-state index is 14.7. The summed E-state index contributed by atoms with van der Waals surface area (Å²) in [6, 6.07) is 38.1. The quantitative estimate of drug-likeness (QED) is 0.102. The van der Waals surface area contributed by atoms with E-state index in [4.69, 9.17) is 0 Å². The van der Waals surface area contributed by atoms with Crippen LogP contribution in [-0.2, 0) is 35.3 Å². The molecule has 0 bridgehead atoms. The van der Waals surface area contributed by atoms with Crippen LogP contribution < -0.4 is 10.6 Å². The summed E-state index contributed by atoms with van der Waals surface area (Å²) in [5.74, 6) is -0.754. The molecule has 2 amide bonds. The van der Waals surface area contributed by atoms with Crippen LogP contribution >= 0.6 is 0 Å². The third kappa shape index (κ3) is 9.20. The molecule has 1 aliphatic rings. The van der Waals surface area contributed by atoms with Gasteiger partial charge in [0.05, 0.1) is 23.3 Å². The van der Waals surface area contributed by atoms with E-state index in [1.807, 2.05) is 163 Å². The molecule has 2 atom stereocenters. The Bertz CT molecular complexity index is 1530. The van der Waals surface area contributed by atoms with E-state index in [1.165, 1.54) is 0 Å². The number of carbonyl (C=O) groups is 2. The van der Waals surface area contributed by atoms with Crippen LogP contribution in [0.15, 0.2) is 121 Å². The lowest BCUT2D eigenvalue weighted by Gasteiger charge is -2.49. The van der Waals surface area contributed by atoms with Crippen LogP contribution in [0.2, 0.25) is 0 Å². The summed E-state index contributed by atoms with van der Waals surface area (Å²) in [6.45, 7) is 12.1. The van der Waals surface area contributed by atoms with E-state index in [0.717, 1.165) is 28.7 Å². The number of carbonyl (C=O) groups excluding carboxylic acids is 2. The molecule has 4 N–H and O–H groups in total. The van der Waals surface area contributed by atoms with E-state index in [-0.39, 0.29) is 11.8 Å². The van der Waals surface area contributed by atoms with Crippen molar-refractivity contribution in [2.24, 2.45) is 16.2 Å². The number of nitrogens with one attached hydrogen (secondary N) is 2. The molecule has 52 heavy (non-hydrogen) atoms. The van der Waals surface area contributed by atoms with Crippen molar-refractivity contribution >= 4 is 11.8 Å². The van der Waals surface area contributed by atoms with E-state index in [1.54, 1.807) is 0 Å². The second-order valence-electron chi connectivity index (χ2n) is 17.3. The minimum absolute atomic E-state index is 0.322. The lowest BCUT2D eigenvalue weighted by Crippen LogP contribution is -2.68. The fourth-order valence-corrected chi connectivity index (χ4v) is 8.27. The van der Waals surface area contributed by atoms with Gasteiger partial charge in [-0.05, 0) is 45.9 Å². The third-order valence-corrected chi connectivity index (χ3v) is 10.8. The van der Waals surface area contributed by atoms with Gasteiger partial charge in [-0.3, -0.25) is 9.59 Å². The molecule has 1 aliphatic carbocycles. The standard InChI is InChI=1S/C46H58N2O4/c1-42(2,3)38(45(51,30-34-20-11-7-12-21-34)31-35-22-13-8-14-23-35)47-40(49)44(28-19-29-44)41(50)48-39(43(4,5)6)46(52,32-36-24-15-9-16-25-36)33-37-26-17-10-18-27-37/h7-18,20-27,38-39,51-52H,19,28-33H2,1-6H3,(H,47,49)(H,48,50)/t38-,39-/m1/s1. The second kappa shape index (κ2) is 15.8. The maximum Gasteiger partial charge on any atom is 0.236 e. The van der Waals surface area contributed by atoms with Crippen molar-refractivity contribution in [1.82, 2.24) is 10.6 Å². The average molecular weight is 703 g/mol. The first-order valence-electron chi connectivity index (χ1n) is 18.8. The van der Waals surface area contributed by atoms with Gasteiger partial charge >= 0.3 is 0 Å². The first-order chi connectivity index (χ1) is 24.5. The zero-order valence-corrected chi connectivity index (χ0v) is 31.9. The van der Waals surface area contributed by atoms with Gasteiger partial charge in [-0.25, -0.2) is 0 Å². The van der Waals surface area contributed by atoms with Crippen molar-refractivity contribution in [3.63, 3.8) is 0 Å². The molecule has 6 heteroatoms. The van der Waals surface area contributed by atoms with E-state index in [0.29, 0.717) is 38.5 Å². The molecule has 0 saturated heterocycles. The van der Waals surface area contributed by atoms with Gasteiger partial charge in [0.1, 0.15) is 5.41 Å². The molecule has 1 fully saturated rings. The van der Waals surface area contributed by atoms with Gasteiger partial charge in [0.25, 0.3) is 0 Å². The highest BCUT2D eigenvalue weighted by Crippen LogP contribution is 2.44. The van der Waals surface area contributed by atoms with Gasteiger partial charge in [0, 0.05) is 25.7 Å². The van der Waals surface area contributed by atoms with E-state index in [9.17, 15) is 19.8 Å². The Morgan fingerprint density at radius 3 is 0.962 bits per heavy atom. The number of amides is 2. The molecule has 0 heterocycles. The smallest absolute Gasteiger partial charge is 0.236 e. The predicted molar refractivity (Wildman–Crippen MR) is 210 cm³/mol. The highest BCUT2D eigenvalue weighted by molar-refractivity contribution is 6.06. The molecule has 1 saturated carbocycles. The highest BCUT2D eigenvalue weighted by Gasteiger charge is 2.56. The molecular weight excluding hydrogens is 645 g/mol. The highest BCUT2D eigenvalue weighted by atomic mass is 16.3. The Morgan fingerprint density at radius 2 is 0.769 bits per heavy atom. The number of hydrogen-bond acceptors (Lipinski definition) is 4. The Morgan fingerprint density at radius 1 is 0.519 bits per heavy atom. The number of hydrogen-bond donors (Lipinski definition) is 4. The number of aliphatic hydroxyl groups is 2. The van der Waals surface area contributed by atoms with Gasteiger partial charge in [0.15, 0.2) is 0 Å². The monoisotopic (exact) mass is 702 g/mol. The minimum Gasteiger partial charge on any atom is -0.387 e. The fourth-order valence-electron chi connectivity index (χ4n) is 8.27. The van der Waals surface area contributed by atoms with Crippen LogP contribution in [0.4, 0.5) is 0 Å². The average Bonchev–Trinajstić information content (AvgIpc) is 3.06. The largest absolute Gasteiger partial charge is 0.387 e. The Hall–Kier alpha value is -4.26. The second-order valence-corrected chi connectivity index (χ2v) is 17.3. The Balaban J connectivity index is 1.48. The molecule has 4 aromatic carbocycles. The Labute approximate surface area is 311 Å². The molecule has 0 aromatic heterocycles. The molecule has 0 radical (unpaired) electrons. The lowest BCUT2D eigenvalue weighted by molar-refractivity contribution is -0.156. The van der Waals surface area contributed by atoms with Crippen molar-refractivity contribution in [3.05, 3.63) is 144 Å². The molecule has 4 aromatic rings. The first-order valence-corrected chi connectivity index (χ1v) is 18.8. The zero-order valence-electron chi connectivity index (χ0n) is 31.9.